The highest BCUT2D eigenvalue weighted by Gasteiger charge is 2.40. The molecule has 1 aliphatic heterocycles. The summed E-state index contributed by atoms with van der Waals surface area (Å²) in [4.78, 5) is 25.4. The Balaban J connectivity index is 2.18. The first-order valence-corrected chi connectivity index (χ1v) is 5.74. The quantitative estimate of drug-likeness (QED) is 0.691. The van der Waals surface area contributed by atoms with Crippen molar-refractivity contribution in [2.45, 2.75) is 57.7 Å². The molecule has 1 saturated carbocycles. The van der Waals surface area contributed by atoms with Crippen molar-refractivity contribution in [3.63, 3.8) is 0 Å². The highest BCUT2D eigenvalue weighted by Crippen LogP contribution is 2.27. The van der Waals surface area contributed by atoms with Crippen LogP contribution in [0.3, 0.4) is 0 Å². The van der Waals surface area contributed by atoms with E-state index in [4.69, 9.17) is 0 Å². The Bertz CT molecular complexity index is 284. The molecule has 0 aromatic heterocycles. The summed E-state index contributed by atoms with van der Waals surface area (Å²) in [5, 5.41) is 2.70. The number of carbonyl (C=O) groups excluding carboxylic acids is 2. The zero-order valence-electron chi connectivity index (χ0n) is 9.32. The monoisotopic (exact) mass is 210 g/mol. The first-order chi connectivity index (χ1) is 7.11. The van der Waals surface area contributed by atoms with Crippen LogP contribution in [0.1, 0.15) is 39.5 Å². The maximum Gasteiger partial charge on any atom is 0.245 e. The van der Waals surface area contributed by atoms with Gasteiger partial charge in [0.05, 0.1) is 0 Å². The average molecular weight is 210 g/mol. The van der Waals surface area contributed by atoms with Gasteiger partial charge in [0.15, 0.2) is 0 Å². The van der Waals surface area contributed by atoms with E-state index in [2.05, 4.69) is 5.32 Å². The number of hydrogen-bond donors (Lipinski definition) is 1. The Kier molecular flexibility index (Phi) is 2.67. The van der Waals surface area contributed by atoms with E-state index in [1.54, 1.807) is 11.8 Å². The molecule has 2 atom stereocenters. The minimum Gasteiger partial charge on any atom is -0.343 e. The van der Waals surface area contributed by atoms with E-state index in [1.165, 1.54) is 12.8 Å². The van der Waals surface area contributed by atoms with Gasteiger partial charge in [0.1, 0.15) is 12.1 Å². The zero-order valence-corrected chi connectivity index (χ0v) is 9.32. The first-order valence-electron chi connectivity index (χ1n) is 5.74. The highest BCUT2D eigenvalue weighted by molar-refractivity contribution is 5.96. The van der Waals surface area contributed by atoms with E-state index in [1.807, 2.05) is 6.92 Å². The van der Waals surface area contributed by atoms with Crippen LogP contribution in [0, 0.1) is 0 Å². The van der Waals surface area contributed by atoms with E-state index >= 15 is 0 Å². The number of hydrogen-bond acceptors (Lipinski definition) is 2. The fraction of sp³-hybridized carbons (Fsp3) is 0.818. The van der Waals surface area contributed by atoms with Crippen molar-refractivity contribution < 1.29 is 9.59 Å². The summed E-state index contributed by atoms with van der Waals surface area (Å²) in [6.45, 7) is 3.57. The molecule has 1 heterocycles. The Hall–Kier alpha value is -1.06. The Morgan fingerprint density at radius 3 is 2.40 bits per heavy atom. The summed E-state index contributed by atoms with van der Waals surface area (Å²) in [5.41, 5.74) is 0. The van der Waals surface area contributed by atoms with Crippen LogP contribution >= 0.6 is 0 Å². The molecule has 0 aromatic rings. The van der Waals surface area contributed by atoms with Crippen molar-refractivity contribution in [1.82, 2.24) is 10.2 Å². The molecule has 2 fully saturated rings. The summed E-state index contributed by atoms with van der Waals surface area (Å²) >= 11 is 0. The van der Waals surface area contributed by atoms with Crippen molar-refractivity contribution in [3.05, 3.63) is 0 Å². The average Bonchev–Trinajstić information content (AvgIpc) is 2.69. The van der Waals surface area contributed by atoms with Crippen LogP contribution in [-0.4, -0.2) is 34.8 Å². The molecule has 1 N–H and O–H groups in total. The van der Waals surface area contributed by atoms with Crippen molar-refractivity contribution >= 4 is 11.8 Å². The molecule has 0 bridgehead atoms. The maximum atomic E-state index is 12.0. The van der Waals surface area contributed by atoms with Crippen molar-refractivity contribution in [1.29, 1.82) is 0 Å². The fourth-order valence-corrected chi connectivity index (χ4v) is 2.62. The molecule has 4 nitrogen and oxygen atoms in total. The number of piperazine rings is 1. The summed E-state index contributed by atoms with van der Waals surface area (Å²) in [5.74, 6) is 0.0583. The Morgan fingerprint density at radius 1 is 1.20 bits per heavy atom. The standard InChI is InChI=1S/C11H18N2O2/c1-7-11(15)13(8(2)10(14)12-7)9-5-3-4-6-9/h7-9H,3-6H2,1-2H3,(H,12,14). The number of amides is 2. The van der Waals surface area contributed by atoms with Crippen LogP contribution in [0.15, 0.2) is 0 Å². The lowest BCUT2D eigenvalue weighted by Crippen LogP contribution is -2.63. The normalized spacial score (nSPS) is 33.3. The van der Waals surface area contributed by atoms with Crippen molar-refractivity contribution in [2.75, 3.05) is 0 Å². The van der Waals surface area contributed by atoms with Crippen LogP contribution in [0.5, 0.6) is 0 Å². The molecule has 0 spiro atoms. The third-order valence-electron chi connectivity index (χ3n) is 3.50. The molecule has 4 heteroatoms. The largest absolute Gasteiger partial charge is 0.343 e. The molecule has 15 heavy (non-hydrogen) atoms. The highest BCUT2D eigenvalue weighted by atomic mass is 16.2. The van der Waals surface area contributed by atoms with Gasteiger partial charge in [-0.05, 0) is 26.7 Å². The summed E-state index contributed by atoms with van der Waals surface area (Å²) in [6.07, 6.45) is 4.46. The number of nitrogens with one attached hydrogen (secondary N) is 1. The molecule has 1 aliphatic carbocycles. The number of nitrogens with zero attached hydrogens (tertiary/aromatic N) is 1. The van der Waals surface area contributed by atoms with Crippen LogP contribution in [0.25, 0.3) is 0 Å². The third-order valence-corrected chi connectivity index (χ3v) is 3.50. The van der Waals surface area contributed by atoms with Gasteiger partial charge in [-0.3, -0.25) is 9.59 Å². The van der Waals surface area contributed by atoms with Gasteiger partial charge in [0.25, 0.3) is 0 Å². The number of carbonyl (C=O) groups is 2. The van der Waals surface area contributed by atoms with Gasteiger partial charge < -0.3 is 10.2 Å². The lowest BCUT2D eigenvalue weighted by Gasteiger charge is -2.40. The SMILES string of the molecule is CC1NC(=O)C(C)N(C2CCCC2)C1=O. The van der Waals surface area contributed by atoms with Crippen molar-refractivity contribution in [3.8, 4) is 0 Å². The second-order valence-corrected chi connectivity index (χ2v) is 4.59. The predicted octanol–water partition coefficient (Wildman–Crippen LogP) is 0.664. The summed E-state index contributed by atoms with van der Waals surface area (Å²) in [6, 6.07) is -0.355. The molecule has 2 amide bonds. The Morgan fingerprint density at radius 2 is 1.80 bits per heavy atom. The lowest BCUT2D eigenvalue weighted by atomic mass is 10.1. The van der Waals surface area contributed by atoms with E-state index < -0.39 is 0 Å². The van der Waals surface area contributed by atoms with Crippen molar-refractivity contribution in [2.24, 2.45) is 0 Å². The van der Waals surface area contributed by atoms with E-state index in [0.717, 1.165) is 12.8 Å². The van der Waals surface area contributed by atoms with Crippen LogP contribution in [0.2, 0.25) is 0 Å². The van der Waals surface area contributed by atoms with Gasteiger partial charge in [0, 0.05) is 6.04 Å². The summed E-state index contributed by atoms with van der Waals surface area (Å²) < 4.78 is 0. The van der Waals surface area contributed by atoms with Gasteiger partial charge in [-0.25, -0.2) is 0 Å². The maximum absolute atomic E-state index is 12.0. The first kappa shape index (κ1) is 10.5. The topological polar surface area (TPSA) is 49.4 Å². The van der Waals surface area contributed by atoms with E-state index in [-0.39, 0.29) is 23.9 Å². The second kappa shape index (κ2) is 3.83. The third kappa shape index (κ3) is 1.73. The molecule has 2 aliphatic rings. The molecule has 1 saturated heterocycles. The van der Waals surface area contributed by atoms with Gasteiger partial charge in [-0.1, -0.05) is 12.8 Å². The molecule has 84 valence electrons. The Labute approximate surface area is 90.0 Å². The fourth-order valence-electron chi connectivity index (χ4n) is 2.62. The molecule has 0 aromatic carbocycles. The van der Waals surface area contributed by atoms with E-state index in [0.29, 0.717) is 6.04 Å². The molecule has 2 rings (SSSR count). The number of rotatable bonds is 1. The second-order valence-electron chi connectivity index (χ2n) is 4.59. The lowest BCUT2D eigenvalue weighted by molar-refractivity contribution is -0.150. The minimum absolute atomic E-state index is 0.0194. The summed E-state index contributed by atoms with van der Waals surface area (Å²) in [7, 11) is 0. The molecular formula is C11H18N2O2. The molecule has 2 unspecified atom stereocenters. The minimum atomic E-state index is -0.353. The van der Waals surface area contributed by atoms with Crippen LogP contribution in [0.4, 0.5) is 0 Å². The van der Waals surface area contributed by atoms with Gasteiger partial charge in [-0.2, -0.15) is 0 Å². The predicted molar refractivity (Wildman–Crippen MR) is 56.2 cm³/mol. The van der Waals surface area contributed by atoms with E-state index in [9.17, 15) is 9.59 Å². The zero-order chi connectivity index (χ0) is 11.0. The van der Waals surface area contributed by atoms with Gasteiger partial charge >= 0.3 is 0 Å². The molecular weight excluding hydrogens is 192 g/mol. The van der Waals surface area contributed by atoms with Gasteiger partial charge in [0.2, 0.25) is 11.8 Å². The smallest absolute Gasteiger partial charge is 0.245 e. The van der Waals surface area contributed by atoms with Gasteiger partial charge in [-0.15, -0.1) is 0 Å². The molecule has 0 radical (unpaired) electrons. The van der Waals surface area contributed by atoms with Crippen LogP contribution < -0.4 is 5.32 Å². The van der Waals surface area contributed by atoms with Crippen LogP contribution in [-0.2, 0) is 9.59 Å².